The van der Waals surface area contributed by atoms with E-state index in [9.17, 15) is 9.59 Å². The van der Waals surface area contributed by atoms with Gasteiger partial charge in [-0.15, -0.1) is 0 Å². The van der Waals surface area contributed by atoms with E-state index in [1.54, 1.807) is 12.1 Å². The summed E-state index contributed by atoms with van der Waals surface area (Å²) in [4.78, 5) is 27.0. The minimum atomic E-state index is -1.13. The molecule has 0 bridgehead atoms. The van der Waals surface area contributed by atoms with E-state index < -0.39 is 5.97 Å². The average molecular weight is 287 g/mol. The lowest BCUT2D eigenvalue weighted by Gasteiger charge is -2.09. The van der Waals surface area contributed by atoms with Gasteiger partial charge in [-0.25, -0.2) is 4.79 Å². The van der Waals surface area contributed by atoms with Crippen LogP contribution < -0.4 is 9.47 Å². The molecule has 0 radical (unpaired) electrons. The molecule has 1 N–H and O–H groups in total. The van der Waals surface area contributed by atoms with Crippen LogP contribution in [0.4, 0.5) is 0 Å². The number of rotatable bonds is 5. The lowest BCUT2D eigenvalue weighted by atomic mass is 10.0. The maximum Gasteiger partial charge on any atom is 0.337 e. The van der Waals surface area contributed by atoms with E-state index in [2.05, 4.69) is 4.98 Å². The average Bonchev–Trinajstić information content (AvgIpc) is 2.53. The number of carboxylic acids is 1. The number of nitrogens with zero attached hydrogens (tertiary/aromatic N) is 1. The van der Waals surface area contributed by atoms with Gasteiger partial charge in [0.2, 0.25) is 0 Å². The summed E-state index contributed by atoms with van der Waals surface area (Å²) >= 11 is 0. The third-order valence-electron chi connectivity index (χ3n) is 2.89. The van der Waals surface area contributed by atoms with Crippen LogP contribution in [-0.4, -0.2) is 36.1 Å². The molecule has 2 aromatic rings. The Morgan fingerprint density at radius 1 is 0.952 bits per heavy atom. The van der Waals surface area contributed by atoms with E-state index in [1.807, 2.05) is 0 Å². The number of carboxylic acid groups (broad SMARTS) is 1. The quantitative estimate of drug-likeness (QED) is 0.847. The van der Waals surface area contributed by atoms with Crippen molar-refractivity contribution >= 4 is 11.8 Å². The van der Waals surface area contributed by atoms with Crippen molar-refractivity contribution in [1.82, 2.24) is 4.98 Å². The van der Waals surface area contributed by atoms with Crippen molar-refractivity contribution < 1.29 is 24.2 Å². The van der Waals surface area contributed by atoms with Crippen molar-refractivity contribution in [3.63, 3.8) is 0 Å². The second-order valence-electron chi connectivity index (χ2n) is 4.17. The molecule has 0 aliphatic heterocycles. The predicted molar refractivity (Wildman–Crippen MR) is 74.2 cm³/mol. The molecule has 6 heteroatoms. The van der Waals surface area contributed by atoms with Gasteiger partial charge in [-0.05, 0) is 24.3 Å². The zero-order valence-corrected chi connectivity index (χ0v) is 11.5. The predicted octanol–water partition coefficient (Wildman–Crippen LogP) is 2.03. The van der Waals surface area contributed by atoms with Crippen LogP contribution in [0.3, 0.4) is 0 Å². The van der Waals surface area contributed by atoms with Gasteiger partial charge >= 0.3 is 5.97 Å². The van der Waals surface area contributed by atoms with Crippen molar-refractivity contribution in [3.8, 4) is 11.5 Å². The van der Waals surface area contributed by atoms with Gasteiger partial charge in [0.05, 0.1) is 19.8 Å². The van der Waals surface area contributed by atoms with Gasteiger partial charge in [0, 0.05) is 23.5 Å². The Bertz CT molecular complexity index is 696. The zero-order chi connectivity index (χ0) is 15.4. The Kier molecular flexibility index (Phi) is 4.18. The number of ketones is 1. The van der Waals surface area contributed by atoms with Gasteiger partial charge < -0.3 is 14.6 Å². The fourth-order valence-corrected chi connectivity index (χ4v) is 1.83. The standard InChI is InChI=1S/C15H13NO5/c1-20-12-4-3-9(6-13(12)21-2)14(17)10-5-11(15(18)19)8-16-7-10/h3-8H,1-2H3,(H,18,19). The maximum absolute atomic E-state index is 12.4. The minimum Gasteiger partial charge on any atom is -0.493 e. The molecule has 0 saturated carbocycles. The molecule has 1 aromatic heterocycles. The van der Waals surface area contributed by atoms with Crippen molar-refractivity contribution in [2.24, 2.45) is 0 Å². The molecule has 108 valence electrons. The highest BCUT2D eigenvalue weighted by molar-refractivity contribution is 6.10. The van der Waals surface area contributed by atoms with E-state index in [-0.39, 0.29) is 16.9 Å². The molecule has 0 spiro atoms. The Labute approximate surface area is 121 Å². The Balaban J connectivity index is 2.40. The minimum absolute atomic E-state index is 0.0404. The van der Waals surface area contributed by atoms with Gasteiger partial charge in [0.15, 0.2) is 17.3 Å². The molecule has 0 unspecified atom stereocenters. The number of hydrogen-bond acceptors (Lipinski definition) is 5. The Hall–Kier alpha value is -2.89. The molecule has 0 fully saturated rings. The summed E-state index contributed by atoms with van der Waals surface area (Å²) in [6.45, 7) is 0. The van der Waals surface area contributed by atoms with Crippen LogP contribution in [0.25, 0.3) is 0 Å². The number of benzene rings is 1. The summed E-state index contributed by atoms with van der Waals surface area (Å²) in [5, 5.41) is 8.92. The molecular formula is C15H13NO5. The number of hydrogen-bond donors (Lipinski definition) is 1. The van der Waals surface area contributed by atoms with Crippen LogP contribution in [0.1, 0.15) is 26.3 Å². The molecule has 0 amide bonds. The monoisotopic (exact) mass is 287 g/mol. The third-order valence-corrected chi connectivity index (χ3v) is 2.89. The van der Waals surface area contributed by atoms with Gasteiger partial charge in [0.1, 0.15) is 0 Å². The molecule has 1 heterocycles. The fraction of sp³-hybridized carbons (Fsp3) is 0.133. The smallest absolute Gasteiger partial charge is 0.337 e. The first-order chi connectivity index (χ1) is 10.1. The van der Waals surface area contributed by atoms with Crippen LogP contribution in [0.15, 0.2) is 36.7 Å². The van der Waals surface area contributed by atoms with Crippen LogP contribution in [-0.2, 0) is 0 Å². The molecule has 0 saturated heterocycles. The molecule has 0 atom stereocenters. The van der Waals surface area contributed by atoms with Gasteiger partial charge in [-0.1, -0.05) is 0 Å². The number of methoxy groups -OCH3 is 2. The molecular weight excluding hydrogens is 274 g/mol. The molecule has 1 aromatic carbocycles. The maximum atomic E-state index is 12.4. The summed E-state index contributed by atoms with van der Waals surface area (Å²) < 4.78 is 10.2. The van der Waals surface area contributed by atoms with Gasteiger partial charge in [0.25, 0.3) is 0 Å². The summed E-state index contributed by atoms with van der Waals surface area (Å²) in [6.07, 6.45) is 2.51. The highest BCUT2D eigenvalue weighted by Gasteiger charge is 2.15. The van der Waals surface area contributed by atoms with Crippen LogP contribution in [0.2, 0.25) is 0 Å². The lowest BCUT2D eigenvalue weighted by Crippen LogP contribution is -2.06. The molecule has 0 aliphatic rings. The number of aromatic nitrogens is 1. The topological polar surface area (TPSA) is 85.7 Å². The number of carbonyl (C=O) groups is 2. The molecule has 6 nitrogen and oxygen atoms in total. The van der Waals surface area contributed by atoms with E-state index >= 15 is 0 Å². The Morgan fingerprint density at radius 2 is 1.62 bits per heavy atom. The summed E-state index contributed by atoms with van der Waals surface area (Å²) in [7, 11) is 2.97. The number of pyridine rings is 1. The first-order valence-electron chi connectivity index (χ1n) is 6.02. The highest BCUT2D eigenvalue weighted by Crippen LogP contribution is 2.28. The molecule has 2 rings (SSSR count). The van der Waals surface area contributed by atoms with Crippen LogP contribution in [0, 0.1) is 0 Å². The van der Waals surface area contributed by atoms with Crippen LogP contribution in [0.5, 0.6) is 11.5 Å². The highest BCUT2D eigenvalue weighted by atomic mass is 16.5. The number of ether oxygens (including phenoxy) is 2. The van der Waals surface area contributed by atoms with E-state index in [1.165, 1.54) is 38.7 Å². The van der Waals surface area contributed by atoms with E-state index in [0.717, 1.165) is 0 Å². The summed E-state index contributed by atoms with van der Waals surface area (Å²) in [5.41, 5.74) is 0.514. The summed E-state index contributed by atoms with van der Waals surface area (Å²) in [5.74, 6) is -0.548. The van der Waals surface area contributed by atoms with Crippen molar-refractivity contribution in [3.05, 3.63) is 53.3 Å². The van der Waals surface area contributed by atoms with Gasteiger partial charge in [-0.3, -0.25) is 9.78 Å². The summed E-state index contributed by atoms with van der Waals surface area (Å²) in [6, 6.07) is 6.01. The first kappa shape index (κ1) is 14.5. The van der Waals surface area contributed by atoms with E-state index in [0.29, 0.717) is 17.1 Å². The second kappa shape index (κ2) is 6.04. The van der Waals surface area contributed by atoms with Crippen molar-refractivity contribution in [2.75, 3.05) is 14.2 Å². The van der Waals surface area contributed by atoms with E-state index in [4.69, 9.17) is 14.6 Å². The third kappa shape index (κ3) is 3.00. The normalized spacial score (nSPS) is 10.0. The van der Waals surface area contributed by atoms with Gasteiger partial charge in [-0.2, -0.15) is 0 Å². The molecule has 0 aliphatic carbocycles. The lowest BCUT2D eigenvalue weighted by molar-refractivity contribution is 0.0696. The molecule has 21 heavy (non-hydrogen) atoms. The number of carbonyl (C=O) groups excluding carboxylic acids is 1. The second-order valence-corrected chi connectivity index (χ2v) is 4.17. The van der Waals surface area contributed by atoms with Crippen LogP contribution >= 0.6 is 0 Å². The Morgan fingerprint density at radius 3 is 2.24 bits per heavy atom. The van der Waals surface area contributed by atoms with Crippen molar-refractivity contribution in [1.29, 1.82) is 0 Å². The SMILES string of the molecule is COc1ccc(C(=O)c2cncc(C(=O)O)c2)cc1OC. The number of aromatic carboxylic acids is 1. The first-order valence-corrected chi connectivity index (χ1v) is 6.02. The van der Waals surface area contributed by atoms with Crippen molar-refractivity contribution in [2.45, 2.75) is 0 Å². The zero-order valence-electron chi connectivity index (χ0n) is 11.5. The largest absolute Gasteiger partial charge is 0.493 e. The fourth-order valence-electron chi connectivity index (χ4n) is 1.83.